The number of ether oxygens (including phenoxy) is 3. The van der Waals surface area contributed by atoms with Crippen molar-refractivity contribution in [3.8, 4) is 0 Å². The minimum atomic E-state index is -1.22. The molecule has 1 aliphatic heterocycles. The normalized spacial score (nSPS) is 25.1. The van der Waals surface area contributed by atoms with Crippen LogP contribution in [0.3, 0.4) is 0 Å². The first-order valence-electron chi connectivity index (χ1n) is 10.5. The molecule has 0 aromatic heterocycles. The monoisotopic (exact) mass is 380 g/mol. The smallest absolute Gasteiger partial charge is 0.184 e. The van der Waals surface area contributed by atoms with Crippen LogP contribution in [-0.4, -0.2) is 48.0 Å². The summed E-state index contributed by atoms with van der Waals surface area (Å²) in [4.78, 5) is 0. The molecule has 1 aromatic rings. The molecule has 1 fully saturated rings. The molecule has 0 radical (unpaired) electrons. The van der Waals surface area contributed by atoms with Gasteiger partial charge in [0.2, 0.25) is 0 Å². The van der Waals surface area contributed by atoms with Crippen LogP contribution in [0.15, 0.2) is 30.3 Å². The summed E-state index contributed by atoms with van der Waals surface area (Å²) >= 11 is 0. The van der Waals surface area contributed by atoms with E-state index in [-0.39, 0.29) is 0 Å². The fraction of sp³-hybridized carbons (Fsp3) is 0.727. The SMILES string of the molecule is CCCCCCCCCCOC[C@H]1O[C@H](O)[C@H](O)[C@H]1OCc1ccccc1. The fourth-order valence-electron chi connectivity index (χ4n) is 3.36. The molecular weight excluding hydrogens is 344 g/mol. The van der Waals surface area contributed by atoms with Gasteiger partial charge in [0, 0.05) is 6.61 Å². The topological polar surface area (TPSA) is 68.2 Å². The largest absolute Gasteiger partial charge is 0.385 e. The average Bonchev–Trinajstić information content (AvgIpc) is 2.96. The molecule has 0 aliphatic carbocycles. The van der Waals surface area contributed by atoms with Crippen molar-refractivity contribution in [2.45, 2.75) is 89.5 Å². The van der Waals surface area contributed by atoms with Gasteiger partial charge in [-0.2, -0.15) is 0 Å². The molecule has 1 heterocycles. The van der Waals surface area contributed by atoms with Gasteiger partial charge in [0.1, 0.15) is 18.3 Å². The zero-order valence-electron chi connectivity index (χ0n) is 16.6. The van der Waals surface area contributed by atoms with E-state index in [1.54, 1.807) is 0 Å². The second kappa shape index (κ2) is 13.2. The number of aliphatic hydroxyl groups is 2. The molecule has 1 aliphatic rings. The second-order valence-corrected chi connectivity index (χ2v) is 7.37. The highest BCUT2D eigenvalue weighted by Crippen LogP contribution is 2.24. The maximum Gasteiger partial charge on any atom is 0.184 e. The highest BCUT2D eigenvalue weighted by Gasteiger charge is 2.43. The third-order valence-electron chi connectivity index (χ3n) is 5.02. The molecule has 27 heavy (non-hydrogen) atoms. The molecule has 0 unspecified atom stereocenters. The molecule has 4 atom stereocenters. The van der Waals surface area contributed by atoms with Crippen LogP contribution in [0, 0.1) is 0 Å². The van der Waals surface area contributed by atoms with Gasteiger partial charge in [-0.3, -0.25) is 0 Å². The Morgan fingerprint density at radius 2 is 1.59 bits per heavy atom. The van der Waals surface area contributed by atoms with Crippen molar-refractivity contribution >= 4 is 0 Å². The number of aliphatic hydroxyl groups excluding tert-OH is 2. The van der Waals surface area contributed by atoms with E-state index >= 15 is 0 Å². The highest BCUT2D eigenvalue weighted by atomic mass is 16.7. The van der Waals surface area contributed by atoms with Gasteiger partial charge in [0.15, 0.2) is 6.29 Å². The summed E-state index contributed by atoms with van der Waals surface area (Å²) in [6.07, 6.45) is 6.78. The molecule has 0 saturated carbocycles. The number of rotatable bonds is 14. The number of hydrogen-bond acceptors (Lipinski definition) is 5. The Morgan fingerprint density at radius 1 is 0.926 bits per heavy atom. The molecule has 2 rings (SSSR count). The minimum Gasteiger partial charge on any atom is -0.385 e. The van der Waals surface area contributed by atoms with Gasteiger partial charge in [-0.15, -0.1) is 0 Å². The van der Waals surface area contributed by atoms with Crippen LogP contribution in [0.4, 0.5) is 0 Å². The van der Waals surface area contributed by atoms with Crippen LogP contribution in [0.5, 0.6) is 0 Å². The first-order valence-corrected chi connectivity index (χ1v) is 10.5. The minimum absolute atomic E-state index is 0.323. The summed E-state index contributed by atoms with van der Waals surface area (Å²) in [6, 6.07) is 9.76. The summed E-state index contributed by atoms with van der Waals surface area (Å²) in [5.74, 6) is 0. The molecule has 0 bridgehead atoms. The van der Waals surface area contributed by atoms with Gasteiger partial charge in [-0.25, -0.2) is 0 Å². The van der Waals surface area contributed by atoms with E-state index in [2.05, 4.69) is 6.92 Å². The maximum atomic E-state index is 10.1. The maximum absolute atomic E-state index is 10.1. The Balaban J connectivity index is 1.59. The lowest BCUT2D eigenvalue weighted by molar-refractivity contribution is -0.137. The van der Waals surface area contributed by atoms with Crippen LogP contribution in [-0.2, 0) is 20.8 Å². The molecule has 1 aromatic carbocycles. The van der Waals surface area contributed by atoms with E-state index in [1.165, 1.54) is 44.9 Å². The first-order chi connectivity index (χ1) is 13.2. The Labute approximate surface area is 163 Å². The lowest BCUT2D eigenvalue weighted by Crippen LogP contribution is -2.37. The van der Waals surface area contributed by atoms with E-state index < -0.39 is 24.6 Å². The van der Waals surface area contributed by atoms with Crippen molar-refractivity contribution in [1.29, 1.82) is 0 Å². The van der Waals surface area contributed by atoms with Gasteiger partial charge in [0.05, 0.1) is 13.2 Å². The van der Waals surface area contributed by atoms with Crippen molar-refractivity contribution in [2.75, 3.05) is 13.2 Å². The van der Waals surface area contributed by atoms with E-state index in [0.29, 0.717) is 19.8 Å². The van der Waals surface area contributed by atoms with Crippen molar-refractivity contribution in [3.05, 3.63) is 35.9 Å². The van der Waals surface area contributed by atoms with Gasteiger partial charge < -0.3 is 24.4 Å². The van der Waals surface area contributed by atoms with Gasteiger partial charge in [-0.05, 0) is 12.0 Å². The quantitative estimate of drug-likeness (QED) is 0.481. The molecule has 2 N–H and O–H groups in total. The Morgan fingerprint density at radius 3 is 2.30 bits per heavy atom. The molecule has 0 amide bonds. The predicted octanol–water partition coefficient (Wildman–Crippen LogP) is 3.81. The zero-order chi connectivity index (χ0) is 19.3. The Hall–Kier alpha value is -0.980. The summed E-state index contributed by atoms with van der Waals surface area (Å²) in [6.45, 7) is 3.60. The van der Waals surface area contributed by atoms with Crippen LogP contribution >= 0.6 is 0 Å². The molecular formula is C22H36O5. The highest BCUT2D eigenvalue weighted by molar-refractivity contribution is 5.13. The summed E-state index contributed by atoms with van der Waals surface area (Å²) in [5.41, 5.74) is 1.02. The lowest BCUT2D eigenvalue weighted by atomic mass is 10.1. The molecule has 5 nitrogen and oxygen atoms in total. The number of unbranched alkanes of at least 4 members (excludes halogenated alkanes) is 7. The lowest BCUT2D eigenvalue weighted by Gasteiger charge is -2.20. The van der Waals surface area contributed by atoms with Crippen LogP contribution in [0.2, 0.25) is 0 Å². The van der Waals surface area contributed by atoms with Crippen molar-refractivity contribution in [1.82, 2.24) is 0 Å². The van der Waals surface area contributed by atoms with Crippen LogP contribution in [0.25, 0.3) is 0 Å². The molecule has 5 heteroatoms. The van der Waals surface area contributed by atoms with Crippen molar-refractivity contribution in [3.63, 3.8) is 0 Å². The fourth-order valence-corrected chi connectivity index (χ4v) is 3.36. The standard InChI is InChI=1S/C22H36O5/c1-2-3-4-5-6-7-8-12-15-25-17-19-21(20(23)22(24)27-19)26-16-18-13-10-9-11-14-18/h9-11,13-14,19-24H,2-8,12,15-17H2,1H3/t19-,20-,21+,22+/m1/s1. The second-order valence-electron chi connectivity index (χ2n) is 7.37. The number of hydrogen-bond donors (Lipinski definition) is 2. The van der Waals surface area contributed by atoms with Crippen molar-refractivity contribution < 1.29 is 24.4 Å². The van der Waals surface area contributed by atoms with E-state index in [9.17, 15) is 10.2 Å². The van der Waals surface area contributed by atoms with Gasteiger partial charge in [0.25, 0.3) is 0 Å². The molecule has 154 valence electrons. The Kier molecular flexibility index (Phi) is 10.9. The van der Waals surface area contributed by atoms with E-state index in [1.807, 2.05) is 30.3 Å². The number of benzene rings is 1. The third kappa shape index (κ3) is 8.28. The summed E-state index contributed by atoms with van der Waals surface area (Å²) in [7, 11) is 0. The average molecular weight is 381 g/mol. The van der Waals surface area contributed by atoms with Crippen LogP contribution < -0.4 is 0 Å². The van der Waals surface area contributed by atoms with E-state index in [4.69, 9.17) is 14.2 Å². The van der Waals surface area contributed by atoms with Crippen molar-refractivity contribution in [2.24, 2.45) is 0 Å². The Bertz CT molecular complexity index is 481. The molecule has 1 saturated heterocycles. The summed E-state index contributed by atoms with van der Waals surface area (Å²) in [5, 5.41) is 19.9. The van der Waals surface area contributed by atoms with Gasteiger partial charge in [-0.1, -0.05) is 82.2 Å². The zero-order valence-corrected chi connectivity index (χ0v) is 16.6. The summed E-state index contributed by atoms with van der Waals surface area (Å²) < 4.78 is 16.9. The van der Waals surface area contributed by atoms with Gasteiger partial charge >= 0.3 is 0 Å². The van der Waals surface area contributed by atoms with Crippen LogP contribution in [0.1, 0.15) is 63.9 Å². The third-order valence-corrected chi connectivity index (χ3v) is 5.02. The molecule has 0 spiro atoms. The predicted molar refractivity (Wildman–Crippen MR) is 105 cm³/mol. The van der Waals surface area contributed by atoms with E-state index in [0.717, 1.165) is 12.0 Å². The first kappa shape index (κ1) is 22.3.